The van der Waals surface area contributed by atoms with Crippen LogP contribution in [0.5, 0.6) is 11.5 Å². The monoisotopic (exact) mass is 438 g/mol. The van der Waals surface area contributed by atoms with Gasteiger partial charge in [-0.1, -0.05) is 25.5 Å². The molecule has 3 rings (SSSR count). The Morgan fingerprint density at radius 2 is 1.94 bits per heavy atom. The first kappa shape index (κ1) is 23.3. The summed E-state index contributed by atoms with van der Waals surface area (Å²) >= 11 is 0. The molecule has 170 valence electrons. The van der Waals surface area contributed by atoms with Crippen molar-refractivity contribution in [3.8, 4) is 11.5 Å². The number of amides is 1. The zero-order valence-electron chi connectivity index (χ0n) is 18.8. The first-order valence-corrected chi connectivity index (χ1v) is 10.8. The number of methoxy groups -OCH3 is 1. The third-order valence-electron chi connectivity index (χ3n) is 5.08. The van der Waals surface area contributed by atoms with E-state index in [2.05, 4.69) is 16.8 Å². The van der Waals surface area contributed by atoms with Gasteiger partial charge in [0.1, 0.15) is 11.6 Å². The third-order valence-corrected chi connectivity index (χ3v) is 5.08. The number of nitrogens with zero attached hydrogens (tertiary/aromatic N) is 3. The zero-order chi connectivity index (χ0) is 22.9. The van der Waals surface area contributed by atoms with E-state index in [4.69, 9.17) is 19.7 Å². The van der Waals surface area contributed by atoms with Crippen LogP contribution in [0, 0.1) is 6.92 Å². The van der Waals surface area contributed by atoms with Crippen LogP contribution in [0.1, 0.15) is 38.4 Å². The maximum absolute atomic E-state index is 11.2. The Morgan fingerprint density at radius 1 is 1.12 bits per heavy atom. The van der Waals surface area contributed by atoms with Gasteiger partial charge in [-0.15, -0.1) is 0 Å². The molecule has 2 aromatic carbocycles. The molecule has 0 radical (unpaired) electrons. The second-order valence-electron chi connectivity index (χ2n) is 7.44. The number of ether oxygens (including phenoxy) is 2. The highest BCUT2D eigenvalue weighted by Crippen LogP contribution is 2.36. The van der Waals surface area contributed by atoms with Crippen molar-refractivity contribution in [1.29, 1.82) is 0 Å². The Morgan fingerprint density at radius 3 is 2.69 bits per heavy atom. The van der Waals surface area contributed by atoms with Crippen LogP contribution in [0.2, 0.25) is 0 Å². The molecule has 0 aliphatic rings. The lowest BCUT2D eigenvalue weighted by atomic mass is 10.1. The van der Waals surface area contributed by atoms with E-state index < -0.39 is 5.91 Å². The fourth-order valence-electron chi connectivity index (χ4n) is 3.47. The minimum Gasteiger partial charge on any atom is -0.493 e. The lowest BCUT2D eigenvalue weighted by molar-refractivity contribution is -0.129. The topological polar surface area (TPSA) is 96.8 Å². The van der Waals surface area contributed by atoms with Gasteiger partial charge >= 0.3 is 0 Å². The number of aromatic nitrogens is 2. The number of hydroxylamine groups is 1. The molecule has 0 atom stereocenters. The van der Waals surface area contributed by atoms with E-state index in [9.17, 15) is 4.79 Å². The highest BCUT2D eigenvalue weighted by atomic mass is 16.5. The van der Waals surface area contributed by atoms with E-state index >= 15 is 0 Å². The summed E-state index contributed by atoms with van der Waals surface area (Å²) in [5.41, 5.74) is 3.47. The molecule has 0 spiro atoms. The lowest BCUT2D eigenvalue weighted by Gasteiger charge is -2.26. The summed E-state index contributed by atoms with van der Waals surface area (Å²) in [5, 5.41) is 9.62. The fraction of sp³-hybridized carbons (Fsp3) is 0.375. The van der Waals surface area contributed by atoms with E-state index in [0.29, 0.717) is 30.4 Å². The van der Waals surface area contributed by atoms with Crippen molar-refractivity contribution in [2.24, 2.45) is 0 Å². The van der Waals surface area contributed by atoms with Crippen molar-refractivity contribution in [3.05, 3.63) is 48.3 Å². The van der Waals surface area contributed by atoms with Gasteiger partial charge in [0, 0.05) is 30.1 Å². The van der Waals surface area contributed by atoms with Gasteiger partial charge in [0.05, 0.1) is 19.2 Å². The maximum atomic E-state index is 11.2. The van der Waals surface area contributed by atoms with Crippen molar-refractivity contribution >= 4 is 28.3 Å². The number of carbonyl (C=O) groups excluding carboxylic acids is 1. The lowest BCUT2D eigenvalue weighted by Crippen LogP contribution is -2.21. The van der Waals surface area contributed by atoms with E-state index in [-0.39, 0.29) is 6.42 Å². The number of para-hydroxylation sites is 1. The van der Waals surface area contributed by atoms with Gasteiger partial charge in [-0.05, 0) is 44.0 Å². The summed E-state index contributed by atoms with van der Waals surface area (Å²) in [6.45, 7) is 5.17. The number of aryl methyl sites for hydroxylation is 1. The Hall–Kier alpha value is -3.39. The van der Waals surface area contributed by atoms with Crippen LogP contribution in [0.15, 0.2) is 42.5 Å². The second-order valence-corrected chi connectivity index (χ2v) is 7.44. The summed E-state index contributed by atoms with van der Waals surface area (Å²) in [6, 6.07) is 13.8. The van der Waals surface area contributed by atoms with Crippen molar-refractivity contribution in [2.75, 3.05) is 25.2 Å². The number of fused-ring (bicyclic) bond motifs is 1. The molecular formula is C24H30N4O4. The number of anilines is 2. The average Bonchev–Trinajstić information content (AvgIpc) is 2.81. The Labute approximate surface area is 188 Å². The van der Waals surface area contributed by atoms with Gasteiger partial charge in [0.15, 0.2) is 11.5 Å². The normalized spacial score (nSPS) is 10.8. The highest BCUT2D eigenvalue weighted by Gasteiger charge is 2.17. The first-order chi connectivity index (χ1) is 15.6. The summed E-state index contributed by atoms with van der Waals surface area (Å²) in [6.07, 6.45) is 2.68. The summed E-state index contributed by atoms with van der Waals surface area (Å²) in [7, 11) is 1.59. The number of carbonyl (C=O) groups is 1. The Bertz CT molecular complexity index is 1060. The van der Waals surface area contributed by atoms with E-state index in [1.807, 2.05) is 49.4 Å². The van der Waals surface area contributed by atoms with Crippen LogP contribution >= 0.6 is 0 Å². The molecule has 32 heavy (non-hydrogen) atoms. The van der Waals surface area contributed by atoms with Crippen LogP contribution in [-0.2, 0) is 4.79 Å². The van der Waals surface area contributed by atoms with Gasteiger partial charge in [-0.2, -0.15) is 0 Å². The molecule has 0 aliphatic heterocycles. The minimum atomic E-state index is -0.439. The molecule has 2 N–H and O–H groups in total. The van der Waals surface area contributed by atoms with Crippen molar-refractivity contribution < 1.29 is 19.5 Å². The quantitative estimate of drug-likeness (QED) is 0.257. The first-order valence-electron chi connectivity index (χ1n) is 10.8. The number of hydrogen-bond acceptors (Lipinski definition) is 7. The highest BCUT2D eigenvalue weighted by molar-refractivity contribution is 5.91. The van der Waals surface area contributed by atoms with Crippen LogP contribution < -0.4 is 19.9 Å². The van der Waals surface area contributed by atoms with Crippen molar-refractivity contribution in [1.82, 2.24) is 15.4 Å². The largest absolute Gasteiger partial charge is 0.493 e. The number of unbranched alkanes of at least 4 members (excludes halogenated alkanes) is 1. The third kappa shape index (κ3) is 5.64. The predicted molar refractivity (Wildman–Crippen MR) is 124 cm³/mol. The van der Waals surface area contributed by atoms with Crippen molar-refractivity contribution in [2.45, 2.75) is 39.5 Å². The number of nitrogens with one attached hydrogen (secondary N) is 1. The Kier molecular flexibility index (Phi) is 8.21. The van der Waals surface area contributed by atoms with E-state index in [0.717, 1.165) is 41.8 Å². The molecule has 1 aromatic heterocycles. The fourth-order valence-corrected chi connectivity index (χ4v) is 3.47. The van der Waals surface area contributed by atoms with Gasteiger partial charge in [0.2, 0.25) is 5.91 Å². The predicted octanol–water partition coefficient (Wildman–Crippen LogP) is 4.55. The van der Waals surface area contributed by atoms with Gasteiger partial charge < -0.3 is 14.4 Å². The summed E-state index contributed by atoms with van der Waals surface area (Å²) in [5.74, 6) is 2.33. The molecular weight excluding hydrogens is 408 g/mol. The van der Waals surface area contributed by atoms with Crippen molar-refractivity contribution in [3.63, 3.8) is 0 Å². The maximum Gasteiger partial charge on any atom is 0.243 e. The Balaban J connectivity index is 1.95. The number of hydrogen-bond donors (Lipinski definition) is 2. The van der Waals surface area contributed by atoms with E-state index in [1.54, 1.807) is 12.6 Å². The average molecular weight is 439 g/mol. The number of rotatable bonds is 11. The molecule has 0 aliphatic carbocycles. The van der Waals surface area contributed by atoms with Gasteiger partial charge in [-0.25, -0.2) is 15.4 Å². The van der Waals surface area contributed by atoms with Gasteiger partial charge in [-0.3, -0.25) is 10.0 Å². The van der Waals surface area contributed by atoms with Crippen LogP contribution in [0.25, 0.3) is 10.9 Å². The molecule has 0 saturated carbocycles. The standard InChI is InChI=1S/C24H30N4O4/c1-4-5-14-28(24-19-9-6-7-10-20(19)25-17(2)26-24)18-12-13-21(31-3)22(16-18)32-15-8-11-23(29)27-30/h6-7,9-10,12-13,16,30H,4-5,8,11,14-15H2,1-3H3,(H,27,29). The molecule has 0 bridgehead atoms. The molecule has 0 fully saturated rings. The molecule has 0 unspecified atom stereocenters. The molecule has 8 nitrogen and oxygen atoms in total. The minimum absolute atomic E-state index is 0.174. The molecule has 3 aromatic rings. The summed E-state index contributed by atoms with van der Waals surface area (Å²) < 4.78 is 11.4. The second kappa shape index (κ2) is 11.3. The zero-order valence-corrected chi connectivity index (χ0v) is 18.8. The molecule has 8 heteroatoms. The smallest absolute Gasteiger partial charge is 0.243 e. The van der Waals surface area contributed by atoms with Crippen LogP contribution in [0.3, 0.4) is 0 Å². The molecule has 0 saturated heterocycles. The van der Waals surface area contributed by atoms with Crippen LogP contribution in [-0.4, -0.2) is 41.3 Å². The SMILES string of the molecule is CCCCN(c1ccc(OC)c(OCCCC(=O)NO)c1)c1nc(C)nc2ccccc12. The number of benzene rings is 2. The summed E-state index contributed by atoms with van der Waals surface area (Å²) in [4.78, 5) is 22.8. The van der Waals surface area contributed by atoms with E-state index in [1.165, 1.54) is 0 Å². The van der Waals surface area contributed by atoms with Gasteiger partial charge in [0.25, 0.3) is 0 Å². The molecule has 1 heterocycles. The molecule has 1 amide bonds. The van der Waals surface area contributed by atoms with Crippen LogP contribution in [0.4, 0.5) is 11.5 Å².